The normalized spacial score (nSPS) is 33.6. The molecule has 0 aromatic heterocycles. The van der Waals surface area contributed by atoms with Crippen LogP contribution in [0.25, 0.3) is 6.08 Å². The quantitative estimate of drug-likeness (QED) is 0.236. The third-order valence-corrected chi connectivity index (χ3v) is 9.66. The zero-order valence-electron chi connectivity index (χ0n) is 26.0. The first kappa shape index (κ1) is 31.4. The summed E-state index contributed by atoms with van der Waals surface area (Å²) in [6, 6.07) is 18.1. The van der Waals surface area contributed by atoms with E-state index < -0.39 is 64.9 Å². The van der Waals surface area contributed by atoms with Crippen LogP contribution in [0, 0.1) is 17.3 Å². The van der Waals surface area contributed by atoms with E-state index in [2.05, 4.69) is 0 Å². The van der Waals surface area contributed by atoms with Gasteiger partial charge >= 0.3 is 23.9 Å². The third-order valence-electron chi connectivity index (χ3n) is 9.66. The van der Waals surface area contributed by atoms with Gasteiger partial charge in [0.2, 0.25) is 0 Å². The van der Waals surface area contributed by atoms with Gasteiger partial charge in [-0.2, -0.15) is 0 Å². The number of esters is 4. The zero-order chi connectivity index (χ0) is 31.9. The lowest BCUT2D eigenvalue weighted by atomic mass is 9.48. The monoisotopic (exact) mass is 604 g/mol. The Kier molecular flexibility index (Phi) is 8.46. The molecule has 3 fully saturated rings. The highest BCUT2D eigenvalue weighted by Crippen LogP contribution is 2.68. The predicted molar refractivity (Wildman–Crippen MR) is 160 cm³/mol. The van der Waals surface area contributed by atoms with Gasteiger partial charge in [-0.25, -0.2) is 9.59 Å². The van der Waals surface area contributed by atoms with E-state index in [1.165, 1.54) is 19.9 Å². The number of carbonyl (C=O) groups excluding carboxylic acids is 4. The lowest BCUT2D eigenvalue weighted by molar-refractivity contribution is -0.304. The SMILES string of the molecule is CC(=O)O[C@H]1C[C@@H](C)[C@]23OC(C)(C)[C@H](C[C@@H](OC(=O)C=Cc4ccccc4)[C@]2(C)[C@H]1OC(C)=O)[C@H]3OC(=O)c1ccccc1. The van der Waals surface area contributed by atoms with Crippen LogP contribution in [0.3, 0.4) is 0 Å². The first-order valence-corrected chi connectivity index (χ1v) is 15.0. The molecule has 8 atom stereocenters. The lowest BCUT2D eigenvalue weighted by Gasteiger charge is -2.62. The topological polar surface area (TPSA) is 114 Å². The van der Waals surface area contributed by atoms with Crippen molar-refractivity contribution >= 4 is 30.0 Å². The van der Waals surface area contributed by atoms with Crippen molar-refractivity contribution in [3.05, 3.63) is 77.9 Å². The molecule has 2 saturated carbocycles. The minimum atomic E-state index is -1.29. The predicted octanol–water partition coefficient (Wildman–Crippen LogP) is 5.31. The Morgan fingerprint density at radius 1 is 0.795 bits per heavy atom. The number of rotatable bonds is 7. The summed E-state index contributed by atoms with van der Waals surface area (Å²) in [4.78, 5) is 51.8. The van der Waals surface area contributed by atoms with Crippen molar-refractivity contribution in [3.63, 3.8) is 0 Å². The van der Waals surface area contributed by atoms with Crippen molar-refractivity contribution in [1.29, 1.82) is 0 Å². The molecule has 0 radical (unpaired) electrons. The van der Waals surface area contributed by atoms with E-state index in [0.29, 0.717) is 5.56 Å². The van der Waals surface area contributed by atoms with E-state index in [4.69, 9.17) is 23.7 Å². The van der Waals surface area contributed by atoms with Crippen LogP contribution in [0.15, 0.2) is 66.7 Å². The molecule has 0 unspecified atom stereocenters. The second kappa shape index (κ2) is 11.8. The van der Waals surface area contributed by atoms with Crippen molar-refractivity contribution in [3.8, 4) is 0 Å². The molecule has 44 heavy (non-hydrogen) atoms. The molecule has 2 aromatic rings. The maximum Gasteiger partial charge on any atom is 0.338 e. The number of ether oxygens (including phenoxy) is 5. The molecule has 234 valence electrons. The second-order valence-corrected chi connectivity index (χ2v) is 12.8. The van der Waals surface area contributed by atoms with E-state index in [0.717, 1.165) is 5.56 Å². The van der Waals surface area contributed by atoms with Crippen molar-refractivity contribution in [2.45, 2.75) is 90.0 Å². The summed E-state index contributed by atoms with van der Waals surface area (Å²) < 4.78 is 31.3. The van der Waals surface area contributed by atoms with Gasteiger partial charge in [0, 0.05) is 25.8 Å². The molecule has 5 rings (SSSR count). The van der Waals surface area contributed by atoms with Crippen LogP contribution in [0.4, 0.5) is 0 Å². The van der Waals surface area contributed by atoms with Gasteiger partial charge in [0.15, 0.2) is 6.10 Å². The molecule has 3 aliphatic rings. The van der Waals surface area contributed by atoms with Gasteiger partial charge in [-0.3, -0.25) is 9.59 Å². The Morgan fingerprint density at radius 2 is 1.41 bits per heavy atom. The minimum Gasteiger partial charge on any atom is -0.459 e. The molecule has 1 spiro atoms. The van der Waals surface area contributed by atoms with E-state index >= 15 is 0 Å². The molecular weight excluding hydrogens is 564 g/mol. The fraction of sp³-hybridized carbons (Fsp3) is 0.486. The van der Waals surface area contributed by atoms with Gasteiger partial charge in [0.05, 0.1) is 16.6 Å². The fourth-order valence-corrected chi connectivity index (χ4v) is 7.84. The highest BCUT2D eigenvalue weighted by atomic mass is 16.6. The summed E-state index contributed by atoms with van der Waals surface area (Å²) in [7, 11) is 0. The Bertz CT molecular complexity index is 1430. The standard InChI is InChI=1S/C35H40O9/c1-21-19-27(40-22(2)36)31(41-23(3)37)34(6)28(42-29(38)18-17-24-13-9-7-10-14-24)20-26-30(35(21,34)44-33(26,4)5)43-32(39)25-15-11-8-12-16-25/h7-18,21,26-28,30-31H,19-20H2,1-6H3/t21-,26-,27+,28-,30-,31+,34-,35-/m1/s1. The molecule has 0 amide bonds. The Hall–Kier alpha value is -3.98. The zero-order valence-corrected chi connectivity index (χ0v) is 26.0. The first-order chi connectivity index (χ1) is 20.8. The molecule has 0 N–H and O–H groups in total. The number of carbonyl (C=O) groups is 4. The maximum atomic E-state index is 13.5. The Labute approximate surface area is 257 Å². The Morgan fingerprint density at radius 3 is 2.02 bits per heavy atom. The minimum absolute atomic E-state index is 0.250. The number of hydrogen-bond acceptors (Lipinski definition) is 9. The van der Waals surface area contributed by atoms with Gasteiger partial charge in [-0.1, -0.05) is 55.5 Å². The molecule has 2 aromatic carbocycles. The lowest BCUT2D eigenvalue weighted by Crippen LogP contribution is -2.76. The van der Waals surface area contributed by atoms with Crippen LogP contribution in [0.5, 0.6) is 0 Å². The molecule has 1 saturated heterocycles. The van der Waals surface area contributed by atoms with Gasteiger partial charge < -0.3 is 23.7 Å². The fourth-order valence-electron chi connectivity index (χ4n) is 7.84. The van der Waals surface area contributed by atoms with Gasteiger partial charge in [0.1, 0.15) is 23.9 Å². The van der Waals surface area contributed by atoms with E-state index in [1.54, 1.807) is 30.3 Å². The average Bonchev–Trinajstić information content (AvgIpc) is 3.15. The summed E-state index contributed by atoms with van der Waals surface area (Å²) in [6.45, 7) is 10.2. The molecule has 2 aliphatic carbocycles. The van der Waals surface area contributed by atoms with Crippen LogP contribution < -0.4 is 0 Å². The van der Waals surface area contributed by atoms with Crippen LogP contribution in [0.1, 0.15) is 70.3 Å². The van der Waals surface area contributed by atoms with Crippen LogP contribution in [0.2, 0.25) is 0 Å². The molecule has 9 nitrogen and oxygen atoms in total. The maximum absolute atomic E-state index is 13.5. The first-order valence-electron chi connectivity index (χ1n) is 15.0. The van der Waals surface area contributed by atoms with Gasteiger partial charge in [-0.05, 0) is 63.3 Å². The largest absolute Gasteiger partial charge is 0.459 e. The summed E-state index contributed by atoms with van der Waals surface area (Å²) in [5.41, 5.74) is -2.16. The molecule has 2 bridgehead atoms. The van der Waals surface area contributed by atoms with Crippen LogP contribution >= 0.6 is 0 Å². The smallest absolute Gasteiger partial charge is 0.338 e. The Balaban J connectivity index is 1.61. The van der Waals surface area contributed by atoms with E-state index in [1.807, 2.05) is 64.1 Å². The van der Waals surface area contributed by atoms with Crippen LogP contribution in [-0.4, -0.2) is 59.5 Å². The van der Waals surface area contributed by atoms with Crippen molar-refractivity contribution in [2.75, 3.05) is 0 Å². The number of fused-ring (bicyclic) bond motifs is 1. The highest BCUT2D eigenvalue weighted by molar-refractivity contribution is 5.89. The van der Waals surface area contributed by atoms with E-state index in [-0.39, 0.29) is 24.7 Å². The average molecular weight is 605 g/mol. The van der Waals surface area contributed by atoms with Crippen LogP contribution in [-0.2, 0) is 38.1 Å². The molecular formula is C35H40O9. The summed E-state index contributed by atoms with van der Waals surface area (Å²) in [6.07, 6.45) is -0.00419. The second-order valence-electron chi connectivity index (χ2n) is 12.8. The summed E-state index contributed by atoms with van der Waals surface area (Å²) in [5.74, 6) is -2.97. The highest BCUT2D eigenvalue weighted by Gasteiger charge is 2.80. The molecule has 1 aliphatic heterocycles. The molecule has 1 heterocycles. The molecule has 9 heteroatoms. The van der Waals surface area contributed by atoms with E-state index in [9.17, 15) is 19.2 Å². The summed E-state index contributed by atoms with van der Waals surface area (Å²) >= 11 is 0. The van der Waals surface area contributed by atoms with Gasteiger partial charge in [0.25, 0.3) is 0 Å². The third kappa shape index (κ3) is 5.42. The van der Waals surface area contributed by atoms with Crippen molar-refractivity contribution < 1.29 is 42.9 Å². The van der Waals surface area contributed by atoms with Crippen molar-refractivity contribution in [2.24, 2.45) is 17.3 Å². The summed E-state index contributed by atoms with van der Waals surface area (Å²) in [5, 5.41) is 0. The number of hydrogen-bond donors (Lipinski definition) is 0. The number of benzene rings is 2. The van der Waals surface area contributed by atoms with Gasteiger partial charge in [-0.15, -0.1) is 0 Å². The van der Waals surface area contributed by atoms with Crippen molar-refractivity contribution in [1.82, 2.24) is 0 Å².